The number of aryl methyl sites for hydroxylation is 1. The smallest absolute Gasteiger partial charge is 0.388 e. The van der Waals surface area contributed by atoms with Gasteiger partial charge in [0.2, 0.25) is 0 Å². The Hall–Kier alpha value is -0.550. The molecule has 1 unspecified atom stereocenters. The Kier molecular flexibility index (Phi) is 3.55. The number of hydrogen-bond acceptors (Lipinski definition) is 2. The van der Waals surface area contributed by atoms with Crippen LogP contribution in [0.25, 0.3) is 0 Å². The van der Waals surface area contributed by atoms with Crippen LogP contribution in [0.3, 0.4) is 0 Å². The zero-order chi connectivity index (χ0) is 10.8. The van der Waals surface area contributed by atoms with Crippen molar-refractivity contribution in [3.05, 3.63) is 21.9 Å². The van der Waals surface area contributed by atoms with Crippen molar-refractivity contribution in [1.82, 2.24) is 0 Å². The quantitative estimate of drug-likeness (QED) is 0.833. The van der Waals surface area contributed by atoms with Gasteiger partial charge in [-0.2, -0.15) is 13.2 Å². The number of thiophene rings is 1. The average Bonchev–Trinajstić information content (AvgIpc) is 2.46. The zero-order valence-electron chi connectivity index (χ0n) is 7.64. The van der Waals surface area contributed by atoms with Crippen molar-refractivity contribution >= 4 is 11.3 Å². The largest absolute Gasteiger partial charge is 0.389 e. The highest BCUT2D eigenvalue weighted by Crippen LogP contribution is 2.29. The second-order valence-electron chi connectivity index (χ2n) is 3.16. The maximum atomic E-state index is 11.8. The van der Waals surface area contributed by atoms with Crippen LogP contribution < -0.4 is 0 Å². The molecule has 1 aromatic rings. The van der Waals surface area contributed by atoms with E-state index in [0.717, 1.165) is 4.88 Å². The van der Waals surface area contributed by atoms with Crippen LogP contribution in [-0.4, -0.2) is 11.3 Å². The minimum Gasteiger partial charge on any atom is -0.388 e. The molecule has 14 heavy (non-hydrogen) atoms. The van der Waals surface area contributed by atoms with Crippen molar-refractivity contribution in [3.8, 4) is 0 Å². The Morgan fingerprint density at radius 1 is 1.50 bits per heavy atom. The Morgan fingerprint density at radius 3 is 2.57 bits per heavy atom. The van der Waals surface area contributed by atoms with E-state index in [1.54, 1.807) is 11.4 Å². The van der Waals surface area contributed by atoms with E-state index in [9.17, 15) is 18.3 Å². The van der Waals surface area contributed by atoms with Gasteiger partial charge in [0, 0.05) is 11.3 Å². The van der Waals surface area contributed by atoms with Gasteiger partial charge in [-0.25, -0.2) is 0 Å². The number of hydrogen-bond donors (Lipinski definition) is 1. The van der Waals surface area contributed by atoms with Crippen molar-refractivity contribution in [1.29, 1.82) is 0 Å². The Balaban J connectivity index is 2.47. The third kappa shape index (κ3) is 3.67. The summed E-state index contributed by atoms with van der Waals surface area (Å²) < 4.78 is 35.5. The number of alkyl halides is 3. The minimum absolute atomic E-state index is 0.264. The van der Waals surface area contributed by atoms with Crippen LogP contribution in [0.5, 0.6) is 0 Å². The van der Waals surface area contributed by atoms with Gasteiger partial charge in [-0.15, -0.1) is 11.3 Å². The molecular formula is C9H11F3OS. The lowest BCUT2D eigenvalue weighted by Gasteiger charge is -2.10. The molecule has 0 aliphatic rings. The van der Waals surface area contributed by atoms with Gasteiger partial charge in [-0.05, 0) is 30.4 Å². The molecule has 5 heteroatoms. The fourth-order valence-corrected chi connectivity index (χ4v) is 1.86. The molecule has 0 radical (unpaired) electrons. The van der Waals surface area contributed by atoms with Crippen molar-refractivity contribution in [3.63, 3.8) is 0 Å². The molecule has 1 N–H and O–H groups in total. The van der Waals surface area contributed by atoms with Crippen LogP contribution in [0.2, 0.25) is 0 Å². The molecule has 0 aliphatic heterocycles. The fourth-order valence-electron chi connectivity index (χ4n) is 1.11. The highest BCUT2D eigenvalue weighted by Gasteiger charge is 2.28. The predicted molar refractivity (Wildman–Crippen MR) is 49.3 cm³/mol. The molecule has 1 aromatic heterocycles. The number of aliphatic hydroxyl groups excluding tert-OH is 1. The van der Waals surface area contributed by atoms with Gasteiger partial charge in [-0.1, -0.05) is 0 Å². The molecule has 1 atom stereocenters. The summed E-state index contributed by atoms with van der Waals surface area (Å²) in [6, 6.07) is 1.71. The molecule has 0 saturated carbocycles. The lowest BCUT2D eigenvalue weighted by Crippen LogP contribution is -2.09. The van der Waals surface area contributed by atoms with E-state index in [0.29, 0.717) is 5.56 Å². The summed E-state index contributed by atoms with van der Waals surface area (Å²) in [6.07, 6.45) is -6.39. The standard InChI is InChI=1S/C9H11F3OS/c1-6-4-7(5-14-6)8(13)2-3-9(10,11)12/h4-5,8,13H,2-3H2,1H3. The normalized spacial score (nSPS) is 14.4. The maximum Gasteiger partial charge on any atom is 0.389 e. The monoisotopic (exact) mass is 224 g/mol. The Bertz CT molecular complexity index is 292. The molecule has 1 rings (SSSR count). The van der Waals surface area contributed by atoms with E-state index in [-0.39, 0.29) is 6.42 Å². The molecule has 0 aliphatic carbocycles. The summed E-state index contributed by atoms with van der Waals surface area (Å²) in [5.74, 6) is 0. The third-order valence-electron chi connectivity index (χ3n) is 1.84. The van der Waals surface area contributed by atoms with E-state index >= 15 is 0 Å². The van der Waals surface area contributed by atoms with Crippen LogP contribution in [0, 0.1) is 6.92 Å². The van der Waals surface area contributed by atoms with Gasteiger partial charge in [0.1, 0.15) is 0 Å². The summed E-state index contributed by atoms with van der Waals surface area (Å²) in [6.45, 7) is 1.85. The minimum atomic E-state index is -4.19. The Morgan fingerprint density at radius 2 is 2.14 bits per heavy atom. The van der Waals surface area contributed by atoms with Crippen molar-refractivity contribution in [2.24, 2.45) is 0 Å². The van der Waals surface area contributed by atoms with Crippen LogP contribution >= 0.6 is 11.3 Å². The number of halogens is 3. The van der Waals surface area contributed by atoms with E-state index < -0.39 is 18.7 Å². The van der Waals surface area contributed by atoms with Crippen molar-refractivity contribution < 1.29 is 18.3 Å². The van der Waals surface area contributed by atoms with Gasteiger partial charge in [0.25, 0.3) is 0 Å². The van der Waals surface area contributed by atoms with Crippen molar-refractivity contribution in [2.45, 2.75) is 32.0 Å². The fraction of sp³-hybridized carbons (Fsp3) is 0.556. The average molecular weight is 224 g/mol. The van der Waals surface area contributed by atoms with E-state index in [1.807, 2.05) is 6.92 Å². The summed E-state index contributed by atoms with van der Waals surface area (Å²) in [5, 5.41) is 11.1. The third-order valence-corrected chi connectivity index (χ3v) is 2.72. The molecular weight excluding hydrogens is 213 g/mol. The SMILES string of the molecule is Cc1cc(C(O)CCC(F)(F)F)cs1. The second-order valence-corrected chi connectivity index (χ2v) is 4.28. The maximum absolute atomic E-state index is 11.8. The first-order valence-corrected chi connectivity index (χ1v) is 5.06. The van der Waals surface area contributed by atoms with Gasteiger partial charge < -0.3 is 5.11 Å². The van der Waals surface area contributed by atoms with Crippen LogP contribution in [0.4, 0.5) is 13.2 Å². The van der Waals surface area contributed by atoms with E-state index in [4.69, 9.17) is 0 Å². The zero-order valence-corrected chi connectivity index (χ0v) is 8.45. The second kappa shape index (κ2) is 4.31. The molecule has 0 bridgehead atoms. The number of rotatable bonds is 3. The summed E-state index contributed by atoms with van der Waals surface area (Å²) in [7, 11) is 0. The topological polar surface area (TPSA) is 20.2 Å². The highest BCUT2D eigenvalue weighted by molar-refractivity contribution is 7.10. The first-order chi connectivity index (χ1) is 6.38. The molecule has 0 amide bonds. The summed E-state index contributed by atoms with van der Waals surface area (Å²) in [4.78, 5) is 0.992. The lowest BCUT2D eigenvalue weighted by molar-refractivity contribution is -0.140. The first kappa shape index (κ1) is 11.5. The molecule has 0 aromatic carbocycles. The molecule has 80 valence electrons. The number of aliphatic hydroxyl groups is 1. The van der Waals surface area contributed by atoms with Crippen molar-refractivity contribution in [2.75, 3.05) is 0 Å². The lowest BCUT2D eigenvalue weighted by atomic mass is 10.1. The molecule has 0 saturated heterocycles. The van der Waals surface area contributed by atoms with E-state index in [1.165, 1.54) is 11.3 Å². The van der Waals surface area contributed by atoms with Gasteiger partial charge in [-0.3, -0.25) is 0 Å². The summed E-state index contributed by atoms with van der Waals surface area (Å²) in [5.41, 5.74) is 0.580. The predicted octanol–water partition coefficient (Wildman–Crippen LogP) is 3.43. The first-order valence-electron chi connectivity index (χ1n) is 4.18. The highest BCUT2D eigenvalue weighted by atomic mass is 32.1. The molecule has 0 spiro atoms. The molecule has 0 fully saturated rings. The van der Waals surface area contributed by atoms with Gasteiger partial charge in [0.15, 0.2) is 0 Å². The van der Waals surface area contributed by atoms with Gasteiger partial charge in [0.05, 0.1) is 6.10 Å². The van der Waals surface area contributed by atoms with E-state index in [2.05, 4.69) is 0 Å². The molecule has 1 heterocycles. The summed E-state index contributed by atoms with van der Waals surface area (Å²) >= 11 is 1.42. The van der Waals surface area contributed by atoms with Crippen LogP contribution in [-0.2, 0) is 0 Å². The molecule has 1 nitrogen and oxygen atoms in total. The van der Waals surface area contributed by atoms with Crippen LogP contribution in [0.15, 0.2) is 11.4 Å². The Labute approximate surface area is 84.2 Å². The van der Waals surface area contributed by atoms with Gasteiger partial charge >= 0.3 is 6.18 Å². The van der Waals surface area contributed by atoms with Crippen LogP contribution in [0.1, 0.15) is 29.4 Å².